The number of likely N-dealkylation sites (N-methyl/N-ethyl adjacent to an activating group) is 1. The Morgan fingerprint density at radius 1 is 0.507 bits per heavy atom. The van der Waals surface area contributed by atoms with Gasteiger partial charge in [-0.2, -0.15) is 0 Å². The molecule has 1 amide bonds. The minimum atomic E-state index is -4.36. The number of allylic oxidation sites excluding steroid dienone is 11. The van der Waals surface area contributed by atoms with Crippen LogP contribution >= 0.6 is 7.82 Å². The van der Waals surface area contributed by atoms with Gasteiger partial charge in [0.1, 0.15) is 13.2 Å². The highest BCUT2D eigenvalue weighted by Crippen LogP contribution is 2.43. The second kappa shape index (κ2) is 48.9. The molecular weight excluding hydrogens is 852 g/mol. The van der Waals surface area contributed by atoms with Crippen LogP contribution in [0.25, 0.3) is 0 Å². The minimum Gasteiger partial charge on any atom is -0.387 e. The molecule has 0 aliphatic rings. The first kappa shape index (κ1) is 64.9. The van der Waals surface area contributed by atoms with E-state index >= 15 is 0 Å². The number of phosphoric acid groups is 1. The van der Waals surface area contributed by atoms with Gasteiger partial charge in [-0.3, -0.25) is 13.8 Å². The number of hydrogen-bond acceptors (Lipinski definition) is 5. The van der Waals surface area contributed by atoms with Gasteiger partial charge in [0, 0.05) is 6.42 Å². The maximum absolute atomic E-state index is 13.0. The first-order chi connectivity index (χ1) is 32.5. The molecule has 0 saturated heterocycles. The van der Waals surface area contributed by atoms with E-state index in [1.54, 1.807) is 6.08 Å². The number of hydrogen-bond donors (Lipinski definition) is 3. The number of phosphoric ester groups is 1. The van der Waals surface area contributed by atoms with Gasteiger partial charge in [-0.05, 0) is 83.5 Å². The molecular formula is C58H108N2O6P+. The molecule has 8 nitrogen and oxygen atoms in total. The first-order valence-electron chi connectivity index (χ1n) is 27.8. The van der Waals surface area contributed by atoms with Crippen LogP contribution in [-0.4, -0.2) is 73.4 Å². The molecule has 0 aliphatic heterocycles. The number of carbonyl (C=O) groups is 1. The summed E-state index contributed by atoms with van der Waals surface area (Å²) >= 11 is 0. The Balaban J connectivity index is 4.33. The van der Waals surface area contributed by atoms with E-state index in [0.717, 1.165) is 57.8 Å². The van der Waals surface area contributed by atoms with Crippen LogP contribution in [-0.2, 0) is 18.4 Å². The number of quaternary nitrogens is 1. The van der Waals surface area contributed by atoms with Crippen LogP contribution < -0.4 is 5.32 Å². The fraction of sp³-hybridized carbons (Fsp3) is 0.776. The number of rotatable bonds is 50. The van der Waals surface area contributed by atoms with Gasteiger partial charge >= 0.3 is 7.82 Å². The number of aliphatic hydroxyl groups excluding tert-OH is 1. The van der Waals surface area contributed by atoms with E-state index in [1.165, 1.54) is 161 Å². The van der Waals surface area contributed by atoms with Crippen LogP contribution in [0.2, 0.25) is 0 Å². The Bertz CT molecular complexity index is 1320. The molecule has 0 heterocycles. The highest BCUT2D eigenvalue weighted by atomic mass is 31.2. The quantitative estimate of drug-likeness (QED) is 0.0243. The van der Waals surface area contributed by atoms with Crippen molar-refractivity contribution in [2.45, 2.75) is 251 Å². The summed E-state index contributed by atoms with van der Waals surface area (Å²) in [5.41, 5.74) is 0. The maximum atomic E-state index is 13.0. The third-order valence-electron chi connectivity index (χ3n) is 12.1. The first-order valence-corrected chi connectivity index (χ1v) is 29.3. The molecule has 3 unspecified atom stereocenters. The van der Waals surface area contributed by atoms with E-state index in [9.17, 15) is 19.4 Å². The van der Waals surface area contributed by atoms with Crippen LogP contribution in [0, 0.1) is 0 Å². The lowest BCUT2D eigenvalue weighted by molar-refractivity contribution is -0.870. The van der Waals surface area contributed by atoms with Gasteiger partial charge < -0.3 is 19.8 Å². The second-order valence-corrected chi connectivity index (χ2v) is 21.4. The van der Waals surface area contributed by atoms with E-state index in [0.29, 0.717) is 17.4 Å². The number of nitrogens with one attached hydrogen (secondary N) is 1. The zero-order valence-corrected chi connectivity index (χ0v) is 45.3. The molecule has 0 radical (unpaired) electrons. The molecule has 0 fully saturated rings. The Hall–Kier alpha value is -2.06. The van der Waals surface area contributed by atoms with Crippen molar-refractivity contribution in [2.24, 2.45) is 0 Å². The third kappa shape index (κ3) is 51.6. The van der Waals surface area contributed by atoms with Crippen molar-refractivity contribution in [1.82, 2.24) is 5.32 Å². The van der Waals surface area contributed by atoms with Gasteiger partial charge in [-0.15, -0.1) is 0 Å². The van der Waals surface area contributed by atoms with Crippen LogP contribution in [0.1, 0.15) is 239 Å². The summed E-state index contributed by atoms with van der Waals surface area (Å²) in [4.78, 5) is 23.3. The van der Waals surface area contributed by atoms with E-state index < -0.39 is 20.0 Å². The SMILES string of the molecule is CCCCCCC/C=C\C/C=C\C/C=C\CCCCCCCCCCCCC(=O)NC(COP(=O)(O)OCC[N+](C)(C)C)C(O)/C=C/CC/C=C/CC/C=C/CCCCCCCCCCCC. The van der Waals surface area contributed by atoms with Gasteiger partial charge in [-0.25, -0.2) is 4.57 Å². The standard InChI is InChI=1S/C58H107N2O6P/c1-6-8-10-12-14-16-18-20-22-24-26-28-29-30-31-32-34-36-38-40-42-44-46-48-50-52-58(62)59-56(55-66-67(63,64)65-54-53-60(3,4)5)57(61)51-49-47-45-43-41-39-37-35-33-27-25-23-21-19-17-15-13-11-9-7-2/h18,20,24,26,29-30,33,35,41,43,49,51,56-57,61H,6-17,19,21-23,25,27-28,31-32,34,36-40,42,44-48,50,52-55H2,1-5H3,(H-,59,62,63,64)/p+1/b20-18-,26-24-,30-29-,35-33+,43-41+,51-49+. The van der Waals surface area contributed by atoms with E-state index in [1.807, 2.05) is 27.2 Å². The van der Waals surface area contributed by atoms with Crippen LogP contribution in [0.4, 0.5) is 0 Å². The van der Waals surface area contributed by atoms with Crippen molar-refractivity contribution < 1.29 is 32.9 Å². The molecule has 0 aromatic rings. The smallest absolute Gasteiger partial charge is 0.387 e. The van der Waals surface area contributed by atoms with Crippen LogP contribution in [0.5, 0.6) is 0 Å². The minimum absolute atomic E-state index is 0.0500. The summed E-state index contributed by atoms with van der Waals surface area (Å²) in [6.45, 7) is 4.78. The summed E-state index contributed by atoms with van der Waals surface area (Å²) in [5, 5.41) is 13.9. The molecule has 0 aromatic carbocycles. The lowest BCUT2D eigenvalue weighted by Crippen LogP contribution is -2.45. The summed E-state index contributed by atoms with van der Waals surface area (Å²) < 4.78 is 23.7. The average Bonchev–Trinajstić information content (AvgIpc) is 3.29. The molecule has 390 valence electrons. The van der Waals surface area contributed by atoms with Gasteiger partial charge in [-0.1, -0.05) is 222 Å². The number of unbranched alkanes of at least 4 members (excludes halogenated alkanes) is 27. The Morgan fingerprint density at radius 3 is 1.30 bits per heavy atom. The van der Waals surface area contributed by atoms with Crippen molar-refractivity contribution in [1.29, 1.82) is 0 Å². The van der Waals surface area contributed by atoms with E-state index in [2.05, 4.69) is 79.9 Å². The number of amides is 1. The molecule has 67 heavy (non-hydrogen) atoms. The van der Waals surface area contributed by atoms with Crippen molar-refractivity contribution in [3.63, 3.8) is 0 Å². The molecule has 0 spiro atoms. The maximum Gasteiger partial charge on any atom is 0.472 e. The molecule has 0 bridgehead atoms. The van der Waals surface area contributed by atoms with Crippen molar-refractivity contribution in [2.75, 3.05) is 40.9 Å². The fourth-order valence-electron chi connectivity index (χ4n) is 7.73. The zero-order chi connectivity index (χ0) is 49.2. The Morgan fingerprint density at radius 2 is 0.866 bits per heavy atom. The van der Waals surface area contributed by atoms with Crippen molar-refractivity contribution in [3.8, 4) is 0 Å². The summed E-state index contributed by atoms with van der Waals surface area (Å²) in [6, 6.07) is -0.876. The number of aliphatic hydroxyl groups is 1. The molecule has 0 aliphatic carbocycles. The predicted molar refractivity (Wildman–Crippen MR) is 290 cm³/mol. The van der Waals surface area contributed by atoms with Gasteiger partial charge in [0.05, 0.1) is 39.9 Å². The van der Waals surface area contributed by atoms with Gasteiger partial charge in [0.25, 0.3) is 0 Å². The topological polar surface area (TPSA) is 105 Å². The van der Waals surface area contributed by atoms with Crippen molar-refractivity contribution in [3.05, 3.63) is 72.9 Å². The fourth-order valence-corrected chi connectivity index (χ4v) is 8.46. The van der Waals surface area contributed by atoms with E-state index in [-0.39, 0.29) is 19.1 Å². The molecule has 0 rings (SSSR count). The van der Waals surface area contributed by atoms with Crippen LogP contribution in [0.15, 0.2) is 72.9 Å². The molecule has 3 N–H and O–H groups in total. The molecule has 0 aromatic heterocycles. The summed E-state index contributed by atoms with van der Waals surface area (Å²) in [5.74, 6) is -0.196. The van der Waals surface area contributed by atoms with E-state index in [4.69, 9.17) is 9.05 Å². The lowest BCUT2D eigenvalue weighted by atomic mass is 10.0. The largest absolute Gasteiger partial charge is 0.472 e. The lowest BCUT2D eigenvalue weighted by Gasteiger charge is -2.25. The van der Waals surface area contributed by atoms with Crippen LogP contribution in [0.3, 0.4) is 0 Å². The zero-order valence-electron chi connectivity index (χ0n) is 44.4. The number of nitrogens with zero attached hydrogens (tertiary/aromatic N) is 1. The molecule has 9 heteroatoms. The van der Waals surface area contributed by atoms with Gasteiger partial charge in [0.2, 0.25) is 5.91 Å². The summed E-state index contributed by atoms with van der Waals surface area (Å²) in [6.07, 6.45) is 67.1. The third-order valence-corrected chi connectivity index (χ3v) is 13.1. The van der Waals surface area contributed by atoms with Gasteiger partial charge in [0.15, 0.2) is 0 Å². The number of carbonyl (C=O) groups excluding carboxylic acids is 1. The monoisotopic (exact) mass is 960 g/mol. The Kier molecular flexibility index (Phi) is 47.4. The summed E-state index contributed by atoms with van der Waals surface area (Å²) in [7, 11) is 1.54. The second-order valence-electron chi connectivity index (χ2n) is 19.9. The molecule has 3 atom stereocenters. The Labute approximate surface area is 414 Å². The van der Waals surface area contributed by atoms with Crippen molar-refractivity contribution >= 4 is 13.7 Å². The molecule has 0 saturated carbocycles. The average molecular weight is 960 g/mol. The highest BCUT2D eigenvalue weighted by Gasteiger charge is 2.27. The normalized spacial score (nSPS) is 14.6. The predicted octanol–water partition coefficient (Wildman–Crippen LogP) is 16.7. The highest BCUT2D eigenvalue weighted by molar-refractivity contribution is 7.47.